The van der Waals surface area contributed by atoms with Gasteiger partial charge in [0.05, 0.1) is 0 Å². The molecule has 1 rings (SSSR count). The highest BCUT2D eigenvalue weighted by atomic mass is 79.9. The molecule has 1 nitrogen and oxygen atoms in total. The summed E-state index contributed by atoms with van der Waals surface area (Å²) < 4.78 is 1.14. The molecule has 0 saturated carbocycles. The average molecular weight is 214 g/mol. The molecule has 1 aromatic rings. The largest absolute Gasteiger partial charge is 0.388 e. The molecule has 11 heavy (non-hydrogen) atoms. The van der Waals surface area contributed by atoms with Crippen molar-refractivity contribution in [1.29, 1.82) is 0 Å². The van der Waals surface area contributed by atoms with Crippen molar-refractivity contribution in [1.82, 2.24) is 0 Å². The summed E-state index contributed by atoms with van der Waals surface area (Å²) in [5, 5.41) is 3.17. The summed E-state index contributed by atoms with van der Waals surface area (Å²) >= 11 is 3.45. The first-order chi connectivity index (χ1) is 5.15. The van der Waals surface area contributed by atoms with Gasteiger partial charge >= 0.3 is 0 Å². The molecule has 0 heterocycles. The number of nitrogens with one attached hydrogen (secondary N) is 1. The van der Waals surface area contributed by atoms with E-state index < -0.39 is 0 Å². The molecule has 0 spiro atoms. The normalized spacial score (nSPS) is 9.82. The van der Waals surface area contributed by atoms with Crippen LogP contribution in [-0.4, -0.2) is 7.05 Å². The lowest BCUT2D eigenvalue weighted by atomic mass is 10.1. The average Bonchev–Trinajstić information content (AvgIpc) is 1.85. The van der Waals surface area contributed by atoms with Gasteiger partial charge in [-0.1, -0.05) is 15.9 Å². The van der Waals surface area contributed by atoms with Gasteiger partial charge in [0.25, 0.3) is 0 Å². The third-order valence-corrected chi connectivity index (χ3v) is 2.21. The molecule has 0 aromatic heterocycles. The maximum atomic E-state index is 3.45. The van der Waals surface area contributed by atoms with Crippen LogP contribution >= 0.6 is 15.9 Å². The Morgan fingerprint density at radius 1 is 1.18 bits per heavy atom. The molecule has 0 unspecified atom stereocenters. The van der Waals surface area contributed by atoms with E-state index in [0.29, 0.717) is 0 Å². The van der Waals surface area contributed by atoms with Crippen LogP contribution in [0.5, 0.6) is 0 Å². The molecule has 0 bridgehead atoms. The summed E-state index contributed by atoms with van der Waals surface area (Å²) in [6, 6.07) is 4.22. The second-order valence-corrected chi connectivity index (χ2v) is 3.58. The Morgan fingerprint density at radius 2 is 1.64 bits per heavy atom. The van der Waals surface area contributed by atoms with Gasteiger partial charge < -0.3 is 5.32 Å². The number of halogens is 1. The summed E-state index contributed by atoms with van der Waals surface area (Å²) in [6.45, 7) is 4.20. The van der Waals surface area contributed by atoms with Crippen LogP contribution in [0.15, 0.2) is 16.6 Å². The summed E-state index contributed by atoms with van der Waals surface area (Å²) in [5.41, 5.74) is 3.78. The van der Waals surface area contributed by atoms with Crippen LogP contribution in [0, 0.1) is 13.8 Å². The van der Waals surface area contributed by atoms with Crippen molar-refractivity contribution in [3.8, 4) is 0 Å². The Labute approximate surface area is 75.9 Å². The van der Waals surface area contributed by atoms with E-state index in [-0.39, 0.29) is 0 Å². The SMILES string of the molecule is CNc1c(C)cc(Br)cc1C. The van der Waals surface area contributed by atoms with Gasteiger partial charge in [-0.2, -0.15) is 0 Å². The summed E-state index contributed by atoms with van der Waals surface area (Å²) in [6.07, 6.45) is 0. The molecule has 0 aliphatic heterocycles. The predicted octanol–water partition coefficient (Wildman–Crippen LogP) is 3.11. The van der Waals surface area contributed by atoms with Gasteiger partial charge in [-0.15, -0.1) is 0 Å². The fourth-order valence-corrected chi connectivity index (χ4v) is 1.99. The molecular weight excluding hydrogens is 202 g/mol. The molecule has 1 N–H and O–H groups in total. The first-order valence-electron chi connectivity index (χ1n) is 3.59. The zero-order valence-electron chi connectivity index (χ0n) is 7.03. The number of rotatable bonds is 1. The monoisotopic (exact) mass is 213 g/mol. The molecule has 0 aliphatic rings. The fourth-order valence-electron chi connectivity index (χ4n) is 1.31. The van der Waals surface area contributed by atoms with Crippen molar-refractivity contribution >= 4 is 21.6 Å². The van der Waals surface area contributed by atoms with Gasteiger partial charge in [-0.3, -0.25) is 0 Å². The van der Waals surface area contributed by atoms with Gasteiger partial charge in [0.1, 0.15) is 0 Å². The Hall–Kier alpha value is -0.500. The topological polar surface area (TPSA) is 12.0 Å². The quantitative estimate of drug-likeness (QED) is 0.757. The third kappa shape index (κ3) is 1.74. The van der Waals surface area contributed by atoms with Crippen molar-refractivity contribution < 1.29 is 0 Å². The fraction of sp³-hybridized carbons (Fsp3) is 0.333. The Kier molecular flexibility index (Phi) is 2.55. The summed E-state index contributed by atoms with van der Waals surface area (Å²) in [5.74, 6) is 0. The molecule has 1 aromatic carbocycles. The van der Waals surface area contributed by atoms with E-state index >= 15 is 0 Å². The number of benzene rings is 1. The van der Waals surface area contributed by atoms with E-state index in [1.54, 1.807) is 0 Å². The first-order valence-corrected chi connectivity index (χ1v) is 4.39. The van der Waals surface area contributed by atoms with E-state index in [1.165, 1.54) is 16.8 Å². The molecule has 0 saturated heterocycles. The van der Waals surface area contributed by atoms with Crippen LogP contribution in [-0.2, 0) is 0 Å². The number of aryl methyl sites for hydroxylation is 2. The summed E-state index contributed by atoms with van der Waals surface area (Å²) in [7, 11) is 1.95. The minimum atomic E-state index is 1.14. The predicted molar refractivity (Wildman–Crippen MR) is 53.2 cm³/mol. The van der Waals surface area contributed by atoms with E-state index in [4.69, 9.17) is 0 Å². The number of hydrogen-bond acceptors (Lipinski definition) is 1. The van der Waals surface area contributed by atoms with Gasteiger partial charge in [0.2, 0.25) is 0 Å². The highest BCUT2D eigenvalue weighted by Crippen LogP contribution is 2.24. The van der Waals surface area contributed by atoms with Crippen LogP contribution < -0.4 is 5.32 Å². The van der Waals surface area contributed by atoms with Gasteiger partial charge in [0.15, 0.2) is 0 Å². The highest BCUT2D eigenvalue weighted by Gasteiger charge is 2.00. The molecular formula is C9H12BrN. The second-order valence-electron chi connectivity index (χ2n) is 2.66. The van der Waals surface area contributed by atoms with Crippen molar-refractivity contribution in [2.24, 2.45) is 0 Å². The first kappa shape index (κ1) is 8.60. The van der Waals surface area contributed by atoms with Crippen molar-refractivity contribution in [2.75, 3.05) is 12.4 Å². The molecule has 60 valence electrons. The van der Waals surface area contributed by atoms with E-state index in [2.05, 4.69) is 47.2 Å². The smallest absolute Gasteiger partial charge is 0.0397 e. The van der Waals surface area contributed by atoms with Gasteiger partial charge in [-0.05, 0) is 37.1 Å². The van der Waals surface area contributed by atoms with E-state index in [1.807, 2.05) is 7.05 Å². The molecule has 0 atom stereocenters. The van der Waals surface area contributed by atoms with Gasteiger partial charge in [0, 0.05) is 17.2 Å². The van der Waals surface area contributed by atoms with Crippen LogP contribution in [0.3, 0.4) is 0 Å². The second kappa shape index (κ2) is 3.26. The maximum Gasteiger partial charge on any atom is 0.0397 e. The van der Waals surface area contributed by atoms with Crippen molar-refractivity contribution in [3.63, 3.8) is 0 Å². The summed E-state index contributed by atoms with van der Waals surface area (Å²) in [4.78, 5) is 0. The maximum absolute atomic E-state index is 3.45. The minimum Gasteiger partial charge on any atom is -0.388 e. The zero-order chi connectivity index (χ0) is 8.43. The third-order valence-electron chi connectivity index (χ3n) is 1.75. The molecule has 0 aliphatic carbocycles. The van der Waals surface area contributed by atoms with E-state index in [9.17, 15) is 0 Å². The van der Waals surface area contributed by atoms with Crippen molar-refractivity contribution in [2.45, 2.75) is 13.8 Å². The number of anilines is 1. The van der Waals surface area contributed by atoms with Crippen LogP contribution in [0.25, 0.3) is 0 Å². The Bertz CT molecular complexity index is 245. The van der Waals surface area contributed by atoms with Crippen LogP contribution in [0.4, 0.5) is 5.69 Å². The lowest BCUT2D eigenvalue weighted by molar-refractivity contribution is 1.33. The lowest BCUT2D eigenvalue weighted by Crippen LogP contribution is -1.94. The highest BCUT2D eigenvalue weighted by molar-refractivity contribution is 9.10. The van der Waals surface area contributed by atoms with Gasteiger partial charge in [-0.25, -0.2) is 0 Å². The molecule has 0 amide bonds. The lowest BCUT2D eigenvalue weighted by Gasteiger charge is -2.08. The van der Waals surface area contributed by atoms with Crippen molar-refractivity contribution in [3.05, 3.63) is 27.7 Å². The van der Waals surface area contributed by atoms with Crippen LogP contribution in [0.2, 0.25) is 0 Å². The standard InChI is InChI=1S/C9H12BrN/c1-6-4-8(10)5-7(2)9(6)11-3/h4-5,11H,1-3H3. The van der Waals surface area contributed by atoms with Crippen LogP contribution in [0.1, 0.15) is 11.1 Å². The number of hydrogen-bond donors (Lipinski definition) is 1. The molecule has 0 radical (unpaired) electrons. The molecule has 2 heteroatoms. The Morgan fingerprint density at radius 3 is 2.00 bits per heavy atom. The zero-order valence-corrected chi connectivity index (χ0v) is 8.62. The van der Waals surface area contributed by atoms with E-state index in [0.717, 1.165) is 4.47 Å². The minimum absolute atomic E-state index is 1.14. The molecule has 0 fully saturated rings. The Balaban J connectivity index is 3.25.